The van der Waals surface area contributed by atoms with Crippen molar-refractivity contribution in [1.82, 2.24) is 0 Å². The molecule has 1 aromatic carbocycles. The molecular formula is C15H23N. The first kappa shape index (κ1) is 11.7. The van der Waals surface area contributed by atoms with Gasteiger partial charge in [-0.1, -0.05) is 42.7 Å². The zero-order valence-corrected chi connectivity index (χ0v) is 10.3. The van der Waals surface area contributed by atoms with Gasteiger partial charge >= 0.3 is 0 Å². The van der Waals surface area contributed by atoms with Crippen LogP contribution in [0.3, 0.4) is 0 Å². The molecule has 2 N–H and O–H groups in total. The summed E-state index contributed by atoms with van der Waals surface area (Å²) < 4.78 is 0. The van der Waals surface area contributed by atoms with E-state index in [0.29, 0.717) is 6.04 Å². The molecule has 1 aliphatic rings. The minimum Gasteiger partial charge on any atom is -0.327 e. The molecule has 2 rings (SSSR count). The molecule has 0 saturated heterocycles. The van der Waals surface area contributed by atoms with Crippen LogP contribution < -0.4 is 5.73 Å². The molecule has 1 nitrogen and oxygen atoms in total. The predicted octanol–water partition coefficient (Wildman–Crippen LogP) is 3.45. The van der Waals surface area contributed by atoms with E-state index >= 15 is 0 Å². The fraction of sp³-hybridized carbons (Fsp3) is 0.600. The molecule has 0 aliphatic heterocycles. The standard InChI is InChI=1S/C15H23N/c1-12-6-8-13(9-7-12)10-11-15(16)14-4-2-3-5-14/h6-9,14-15H,2-5,10-11,16H2,1H3. The molecule has 1 atom stereocenters. The molecular weight excluding hydrogens is 194 g/mol. The molecule has 1 aliphatic carbocycles. The highest BCUT2D eigenvalue weighted by Crippen LogP contribution is 2.28. The maximum Gasteiger partial charge on any atom is 0.00703 e. The van der Waals surface area contributed by atoms with Gasteiger partial charge in [-0.15, -0.1) is 0 Å². The lowest BCUT2D eigenvalue weighted by Crippen LogP contribution is -2.28. The quantitative estimate of drug-likeness (QED) is 0.821. The fourth-order valence-electron chi connectivity index (χ4n) is 2.71. The van der Waals surface area contributed by atoms with Crippen molar-refractivity contribution in [2.45, 2.75) is 51.5 Å². The molecule has 1 aromatic rings. The van der Waals surface area contributed by atoms with Crippen LogP contribution in [-0.2, 0) is 6.42 Å². The van der Waals surface area contributed by atoms with Gasteiger partial charge in [0.15, 0.2) is 0 Å². The van der Waals surface area contributed by atoms with Gasteiger partial charge in [0, 0.05) is 6.04 Å². The molecule has 0 bridgehead atoms. The number of benzene rings is 1. The van der Waals surface area contributed by atoms with Crippen molar-refractivity contribution in [2.75, 3.05) is 0 Å². The summed E-state index contributed by atoms with van der Waals surface area (Å²) in [5.41, 5.74) is 9.02. The van der Waals surface area contributed by atoms with Gasteiger partial charge in [0.25, 0.3) is 0 Å². The Kier molecular flexibility index (Phi) is 4.00. The average molecular weight is 217 g/mol. The van der Waals surface area contributed by atoms with E-state index in [1.165, 1.54) is 36.8 Å². The second-order valence-electron chi connectivity index (χ2n) is 5.23. The molecule has 16 heavy (non-hydrogen) atoms. The van der Waals surface area contributed by atoms with Crippen molar-refractivity contribution in [3.05, 3.63) is 35.4 Å². The molecule has 0 radical (unpaired) electrons. The maximum atomic E-state index is 6.26. The normalized spacial score (nSPS) is 18.9. The number of hydrogen-bond acceptors (Lipinski definition) is 1. The van der Waals surface area contributed by atoms with Crippen LogP contribution in [0, 0.1) is 12.8 Å². The van der Waals surface area contributed by atoms with E-state index in [9.17, 15) is 0 Å². The molecule has 0 spiro atoms. The zero-order valence-electron chi connectivity index (χ0n) is 10.3. The van der Waals surface area contributed by atoms with Crippen LogP contribution in [0.2, 0.25) is 0 Å². The summed E-state index contributed by atoms with van der Waals surface area (Å²) in [5.74, 6) is 0.797. The molecule has 88 valence electrons. The van der Waals surface area contributed by atoms with Gasteiger partial charge in [0.2, 0.25) is 0 Å². The van der Waals surface area contributed by atoms with Crippen molar-refractivity contribution in [2.24, 2.45) is 11.7 Å². The van der Waals surface area contributed by atoms with Crippen LogP contribution in [0.5, 0.6) is 0 Å². The van der Waals surface area contributed by atoms with Crippen LogP contribution in [0.4, 0.5) is 0 Å². The van der Waals surface area contributed by atoms with E-state index in [2.05, 4.69) is 31.2 Å². The number of hydrogen-bond donors (Lipinski definition) is 1. The minimum atomic E-state index is 0.420. The fourth-order valence-corrected chi connectivity index (χ4v) is 2.71. The number of aryl methyl sites for hydroxylation is 2. The summed E-state index contributed by atoms with van der Waals surface area (Å²) in [5, 5.41) is 0. The lowest BCUT2D eigenvalue weighted by molar-refractivity contribution is 0.410. The van der Waals surface area contributed by atoms with Gasteiger partial charge in [0.1, 0.15) is 0 Å². The Morgan fingerprint density at radius 1 is 1.19 bits per heavy atom. The molecule has 0 heterocycles. The zero-order chi connectivity index (χ0) is 11.4. The third kappa shape index (κ3) is 3.08. The summed E-state index contributed by atoms with van der Waals surface area (Å²) in [6, 6.07) is 9.27. The molecule has 1 fully saturated rings. The lowest BCUT2D eigenvalue weighted by atomic mass is 9.93. The Balaban J connectivity index is 1.80. The summed E-state index contributed by atoms with van der Waals surface area (Å²) in [6.07, 6.45) is 7.78. The topological polar surface area (TPSA) is 26.0 Å². The van der Waals surface area contributed by atoms with Gasteiger partial charge in [-0.2, -0.15) is 0 Å². The van der Waals surface area contributed by atoms with Gasteiger partial charge in [-0.25, -0.2) is 0 Å². The van der Waals surface area contributed by atoms with E-state index in [1.807, 2.05) is 0 Å². The van der Waals surface area contributed by atoms with E-state index in [0.717, 1.165) is 18.8 Å². The highest BCUT2D eigenvalue weighted by molar-refractivity contribution is 5.21. The highest BCUT2D eigenvalue weighted by Gasteiger charge is 2.21. The summed E-state index contributed by atoms with van der Waals surface area (Å²) in [6.45, 7) is 2.13. The second-order valence-corrected chi connectivity index (χ2v) is 5.23. The molecule has 1 heteroatoms. The van der Waals surface area contributed by atoms with Crippen LogP contribution in [-0.4, -0.2) is 6.04 Å². The number of rotatable bonds is 4. The number of nitrogens with two attached hydrogens (primary N) is 1. The van der Waals surface area contributed by atoms with Gasteiger partial charge in [0.05, 0.1) is 0 Å². The smallest absolute Gasteiger partial charge is 0.00703 e. The Morgan fingerprint density at radius 3 is 2.44 bits per heavy atom. The van der Waals surface area contributed by atoms with Crippen molar-refractivity contribution < 1.29 is 0 Å². The van der Waals surface area contributed by atoms with Crippen molar-refractivity contribution in [3.63, 3.8) is 0 Å². The lowest BCUT2D eigenvalue weighted by Gasteiger charge is -2.18. The van der Waals surface area contributed by atoms with E-state index in [-0.39, 0.29) is 0 Å². The Labute approximate surface area is 99.0 Å². The van der Waals surface area contributed by atoms with Crippen molar-refractivity contribution in [3.8, 4) is 0 Å². The molecule has 1 unspecified atom stereocenters. The first-order chi connectivity index (χ1) is 7.75. The monoisotopic (exact) mass is 217 g/mol. The largest absolute Gasteiger partial charge is 0.327 e. The highest BCUT2D eigenvalue weighted by atomic mass is 14.6. The first-order valence-corrected chi connectivity index (χ1v) is 6.57. The summed E-state index contributed by atoms with van der Waals surface area (Å²) >= 11 is 0. The third-order valence-corrected chi connectivity index (χ3v) is 3.89. The Hall–Kier alpha value is -0.820. The minimum absolute atomic E-state index is 0.420. The van der Waals surface area contributed by atoms with E-state index in [1.54, 1.807) is 0 Å². The maximum absolute atomic E-state index is 6.26. The SMILES string of the molecule is Cc1ccc(CCC(N)C2CCCC2)cc1. The van der Waals surface area contributed by atoms with Crippen molar-refractivity contribution in [1.29, 1.82) is 0 Å². The summed E-state index contributed by atoms with van der Waals surface area (Å²) in [4.78, 5) is 0. The van der Waals surface area contributed by atoms with Gasteiger partial charge in [-0.3, -0.25) is 0 Å². The van der Waals surface area contributed by atoms with Crippen LogP contribution in [0.25, 0.3) is 0 Å². The van der Waals surface area contributed by atoms with E-state index in [4.69, 9.17) is 5.73 Å². The molecule has 0 amide bonds. The van der Waals surface area contributed by atoms with Gasteiger partial charge < -0.3 is 5.73 Å². The Bertz CT molecular complexity index is 309. The van der Waals surface area contributed by atoms with Gasteiger partial charge in [-0.05, 0) is 44.1 Å². The average Bonchev–Trinajstić information content (AvgIpc) is 2.81. The van der Waals surface area contributed by atoms with Crippen LogP contribution >= 0.6 is 0 Å². The third-order valence-electron chi connectivity index (χ3n) is 3.89. The summed E-state index contributed by atoms with van der Waals surface area (Å²) in [7, 11) is 0. The van der Waals surface area contributed by atoms with Crippen LogP contribution in [0.1, 0.15) is 43.2 Å². The second kappa shape index (κ2) is 5.49. The molecule has 0 aromatic heterocycles. The predicted molar refractivity (Wildman–Crippen MR) is 69.4 cm³/mol. The van der Waals surface area contributed by atoms with Crippen molar-refractivity contribution >= 4 is 0 Å². The van der Waals surface area contributed by atoms with E-state index < -0.39 is 0 Å². The Morgan fingerprint density at radius 2 is 1.81 bits per heavy atom. The van der Waals surface area contributed by atoms with Crippen LogP contribution in [0.15, 0.2) is 24.3 Å². The molecule has 1 saturated carbocycles. The first-order valence-electron chi connectivity index (χ1n) is 6.57.